The topological polar surface area (TPSA) is 95.1 Å². The molecule has 0 atom stereocenters. The summed E-state index contributed by atoms with van der Waals surface area (Å²) in [4.78, 5) is 28.0. The molecule has 0 spiro atoms. The highest BCUT2D eigenvalue weighted by atomic mass is 35.5. The largest absolute Gasteiger partial charge is 0.495 e. The number of urea groups is 1. The highest BCUT2D eigenvalue weighted by Crippen LogP contribution is 2.44. The number of piperazine rings is 1. The van der Waals surface area contributed by atoms with Crippen molar-refractivity contribution in [2.75, 3.05) is 74.4 Å². The van der Waals surface area contributed by atoms with Gasteiger partial charge in [0.05, 0.1) is 19.9 Å². The molecule has 1 aromatic heterocycles. The normalized spacial score (nSPS) is 13.5. The van der Waals surface area contributed by atoms with Gasteiger partial charge in [-0.1, -0.05) is 49.4 Å². The van der Waals surface area contributed by atoms with E-state index < -0.39 is 6.03 Å². The molecule has 42 heavy (non-hydrogen) atoms. The Labute approximate surface area is 257 Å². The summed E-state index contributed by atoms with van der Waals surface area (Å²) in [6.07, 6.45) is 6.61. The maximum absolute atomic E-state index is 13.1. The van der Waals surface area contributed by atoms with Crippen molar-refractivity contribution in [2.45, 2.75) is 32.6 Å². The Hall–Kier alpha value is -3.47. The van der Waals surface area contributed by atoms with Crippen LogP contribution in [-0.2, 0) is 0 Å². The van der Waals surface area contributed by atoms with Gasteiger partial charge >= 0.3 is 6.03 Å². The lowest BCUT2D eigenvalue weighted by Gasteiger charge is -2.36. The summed E-state index contributed by atoms with van der Waals surface area (Å²) in [6, 6.07) is 11.0. The van der Waals surface area contributed by atoms with Crippen molar-refractivity contribution in [3.63, 3.8) is 0 Å². The second-order valence-corrected chi connectivity index (χ2v) is 10.9. The highest BCUT2D eigenvalue weighted by molar-refractivity contribution is 6.41. The number of amides is 2. The van der Waals surface area contributed by atoms with Crippen LogP contribution in [0.3, 0.4) is 0 Å². The summed E-state index contributed by atoms with van der Waals surface area (Å²) in [5.41, 5.74) is 2.26. The summed E-state index contributed by atoms with van der Waals surface area (Å²) < 4.78 is 10.6. The summed E-state index contributed by atoms with van der Waals surface area (Å²) >= 11 is 12.8. The molecule has 1 fully saturated rings. The molecule has 2 N–H and O–H groups in total. The molecule has 2 aromatic carbocycles. The van der Waals surface area contributed by atoms with Crippen LogP contribution in [0.2, 0.25) is 10.0 Å². The van der Waals surface area contributed by atoms with Crippen LogP contribution in [0.4, 0.5) is 33.5 Å². The van der Waals surface area contributed by atoms with Crippen molar-refractivity contribution in [3.05, 3.63) is 52.8 Å². The van der Waals surface area contributed by atoms with Crippen molar-refractivity contribution in [1.29, 1.82) is 0 Å². The summed E-state index contributed by atoms with van der Waals surface area (Å²) in [5, 5.41) is 6.33. The molecule has 0 saturated carbocycles. The number of unbranched alkanes of at least 4 members (excludes halogenated alkanes) is 3. The van der Waals surface area contributed by atoms with Crippen LogP contribution in [0.15, 0.2) is 42.7 Å². The van der Waals surface area contributed by atoms with Gasteiger partial charge in [-0.2, -0.15) is 0 Å². The monoisotopic (exact) mass is 615 g/mol. The molecule has 3 aromatic rings. The fourth-order valence-corrected chi connectivity index (χ4v) is 5.38. The molecule has 0 radical (unpaired) electrons. The Kier molecular flexibility index (Phi) is 11.3. The Morgan fingerprint density at radius 1 is 0.952 bits per heavy atom. The Bertz CT molecular complexity index is 1310. The standard InChI is InChI=1S/C30H39Cl2N7O3/c1-5-6-7-8-13-38-14-16-39(17-15-38)22-11-9-21(10-12-22)35-25-19-26(34-20-33-25)37(2)30(40)36-29-27(31)23(41-3)18-24(42-4)28(29)32/h9-12,18-20H,5-8,13-17H2,1-4H3,(H,36,40)(H,33,34,35). The van der Waals surface area contributed by atoms with E-state index in [1.165, 1.54) is 63.4 Å². The molecule has 12 heteroatoms. The molecule has 4 rings (SSSR count). The minimum Gasteiger partial charge on any atom is -0.495 e. The zero-order valence-corrected chi connectivity index (χ0v) is 26.1. The van der Waals surface area contributed by atoms with E-state index in [1.54, 1.807) is 19.2 Å². The summed E-state index contributed by atoms with van der Waals surface area (Å²) in [5.74, 6) is 1.55. The first-order valence-electron chi connectivity index (χ1n) is 14.2. The molecule has 1 aliphatic heterocycles. The number of hydrogen-bond acceptors (Lipinski definition) is 8. The lowest BCUT2D eigenvalue weighted by atomic mass is 10.2. The lowest BCUT2D eigenvalue weighted by Crippen LogP contribution is -2.46. The number of methoxy groups -OCH3 is 2. The third-order valence-electron chi connectivity index (χ3n) is 7.31. The first-order valence-corrected chi connectivity index (χ1v) is 14.9. The SMILES string of the molecule is CCCCCCN1CCN(c2ccc(Nc3cc(N(C)C(=O)Nc4c(Cl)c(OC)cc(OC)c4Cl)ncn3)cc2)CC1. The molecule has 2 amide bonds. The van der Waals surface area contributed by atoms with E-state index >= 15 is 0 Å². The number of benzene rings is 2. The van der Waals surface area contributed by atoms with Crippen molar-refractivity contribution in [2.24, 2.45) is 0 Å². The first kappa shape index (κ1) is 31.5. The molecule has 0 bridgehead atoms. The highest BCUT2D eigenvalue weighted by Gasteiger charge is 2.22. The number of ether oxygens (including phenoxy) is 2. The van der Waals surface area contributed by atoms with Gasteiger partial charge in [0.2, 0.25) is 0 Å². The molecule has 1 saturated heterocycles. The molecule has 226 valence electrons. The van der Waals surface area contributed by atoms with Crippen LogP contribution in [-0.4, -0.2) is 74.9 Å². The average Bonchev–Trinajstić information content (AvgIpc) is 3.02. The van der Waals surface area contributed by atoms with Gasteiger partial charge in [-0.05, 0) is 37.2 Å². The molecule has 0 aliphatic carbocycles. The van der Waals surface area contributed by atoms with E-state index in [4.69, 9.17) is 32.7 Å². The predicted molar refractivity (Wildman–Crippen MR) is 172 cm³/mol. The van der Waals surface area contributed by atoms with Crippen LogP contribution in [0.5, 0.6) is 11.5 Å². The number of aromatic nitrogens is 2. The van der Waals surface area contributed by atoms with Gasteiger partial charge in [-0.25, -0.2) is 14.8 Å². The van der Waals surface area contributed by atoms with Crippen molar-refractivity contribution >= 4 is 57.9 Å². The molecule has 2 heterocycles. The van der Waals surface area contributed by atoms with E-state index in [2.05, 4.69) is 49.5 Å². The van der Waals surface area contributed by atoms with Gasteiger partial charge in [0, 0.05) is 56.7 Å². The number of halogens is 2. The fourth-order valence-electron chi connectivity index (χ4n) is 4.78. The van der Waals surface area contributed by atoms with Crippen molar-refractivity contribution in [1.82, 2.24) is 14.9 Å². The fraction of sp³-hybridized carbons (Fsp3) is 0.433. The van der Waals surface area contributed by atoms with E-state index in [0.717, 1.165) is 31.9 Å². The number of nitrogens with one attached hydrogen (secondary N) is 2. The van der Waals surface area contributed by atoms with Gasteiger partial charge in [-0.3, -0.25) is 9.80 Å². The van der Waals surface area contributed by atoms with Gasteiger partial charge < -0.3 is 25.0 Å². The van der Waals surface area contributed by atoms with E-state index in [-0.39, 0.29) is 15.7 Å². The van der Waals surface area contributed by atoms with Crippen LogP contribution < -0.4 is 29.9 Å². The Morgan fingerprint density at radius 3 is 2.24 bits per heavy atom. The van der Waals surface area contributed by atoms with Crippen LogP contribution in [0.25, 0.3) is 0 Å². The quantitative estimate of drug-likeness (QED) is 0.212. The average molecular weight is 617 g/mol. The van der Waals surface area contributed by atoms with E-state index in [0.29, 0.717) is 23.1 Å². The van der Waals surface area contributed by atoms with Gasteiger partial charge in [0.1, 0.15) is 39.5 Å². The maximum atomic E-state index is 13.1. The van der Waals surface area contributed by atoms with Crippen LogP contribution in [0, 0.1) is 0 Å². The molecule has 10 nitrogen and oxygen atoms in total. The second-order valence-electron chi connectivity index (χ2n) is 10.1. The predicted octanol–water partition coefficient (Wildman–Crippen LogP) is 6.91. The molecular formula is C30H39Cl2N7O3. The van der Waals surface area contributed by atoms with Crippen molar-refractivity contribution < 1.29 is 14.3 Å². The van der Waals surface area contributed by atoms with Gasteiger partial charge in [-0.15, -0.1) is 0 Å². The molecule has 1 aliphatic rings. The number of hydrogen-bond donors (Lipinski definition) is 2. The third kappa shape index (κ3) is 7.87. The maximum Gasteiger partial charge on any atom is 0.327 e. The van der Waals surface area contributed by atoms with Crippen LogP contribution in [0.1, 0.15) is 32.6 Å². The molecule has 0 unspecified atom stereocenters. The summed E-state index contributed by atoms with van der Waals surface area (Å²) in [7, 11) is 4.51. The number of carbonyl (C=O) groups is 1. The van der Waals surface area contributed by atoms with Gasteiger partial charge in [0.25, 0.3) is 0 Å². The first-order chi connectivity index (χ1) is 20.3. The second kappa shape index (κ2) is 15.1. The number of nitrogens with zero attached hydrogens (tertiary/aromatic N) is 5. The lowest BCUT2D eigenvalue weighted by molar-refractivity contribution is 0.252. The number of rotatable bonds is 12. The number of anilines is 5. The van der Waals surface area contributed by atoms with E-state index in [9.17, 15) is 4.79 Å². The van der Waals surface area contributed by atoms with Crippen molar-refractivity contribution in [3.8, 4) is 11.5 Å². The third-order valence-corrected chi connectivity index (χ3v) is 8.06. The Morgan fingerprint density at radius 2 is 1.62 bits per heavy atom. The minimum atomic E-state index is -0.510. The molecular weight excluding hydrogens is 577 g/mol. The summed E-state index contributed by atoms with van der Waals surface area (Å²) in [6.45, 7) is 7.71. The zero-order chi connectivity index (χ0) is 30.1. The van der Waals surface area contributed by atoms with E-state index in [1.807, 2.05) is 12.1 Å². The Balaban J connectivity index is 1.35. The van der Waals surface area contributed by atoms with Crippen LogP contribution >= 0.6 is 23.2 Å². The zero-order valence-electron chi connectivity index (χ0n) is 24.6. The number of carbonyl (C=O) groups excluding carboxylic acids is 1. The minimum absolute atomic E-state index is 0.155. The van der Waals surface area contributed by atoms with Gasteiger partial charge in [0.15, 0.2) is 0 Å². The smallest absolute Gasteiger partial charge is 0.327 e.